The number of aromatic hydroxyl groups is 1. The molecular formula is C24H19ClN2O6. The van der Waals surface area contributed by atoms with E-state index in [-0.39, 0.29) is 30.0 Å². The number of hydrogen-bond donors (Lipinski definition) is 1. The van der Waals surface area contributed by atoms with Crippen LogP contribution < -0.4 is 19.8 Å². The van der Waals surface area contributed by atoms with Crippen molar-refractivity contribution in [1.82, 2.24) is 4.57 Å². The van der Waals surface area contributed by atoms with Crippen molar-refractivity contribution in [3.8, 4) is 29.2 Å². The number of halogens is 1. The molecule has 1 aromatic heterocycles. The van der Waals surface area contributed by atoms with Crippen molar-refractivity contribution in [2.45, 2.75) is 20.4 Å². The van der Waals surface area contributed by atoms with Crippen molar-refractivity contribution in [3.05, 3.63) is 79.6 Å². The van der Waals surface area contributed by atoms with Crippen LogP contribution in [0.1, 0.15) is 32.6 Å². The second-order valence-electron chi connectivity index (χ2n) is 7.51. The quantitative estimate of drug-likeness (QED) is 0.551. The first-order valence-corrected chi connectivity index (χ1v) is 10.3. The van der Waals surface area contributed by atoms with E-state index >= 15 is 0 Å². The molecule has 2 aromatic carbocycles. The van der Waals surface area contributed by atoms with Crippen LogP contribution in [0.3, 0.4) is 0 Å². The lowest BCUT2D eigenvalue weighted by Crippen LogP contribution is -2.28. The van der Waals surface area contributed by atoms with Gasteiger partial charge >= 0.3 is 0 Å². The second-order valence-corrected chi connectivity index (χ2v) is 7.92. The van der Waals surface area contributed by atoms with Gasteiger partial charge < -0.3 is 19.3 Å². The van der Waals surface area contributed by atoms with Crippen molar-refractivity contribution in [1.29, 1.82) is 5.26 Å². The van der Waals surface area contributed by atoms with Gasteiger partial charge in [-0.1, -0.05) is 17.7 Å². The van der Waals surface area contributed by atoms with Gasteiger partial charge in [-0.25, -0.2) is 0 Å². The largest absolute Gasteiger partial charge is 0.494 e. The van der Waals surface area contributed by atoms with Gasteiger partial charge in [0.15, 0.2) is 18.1 Å². The van der Waals surface area contributed by atoms with Crippen LogP contribution in [0.5, 0.6) is 23.1 Å². The molecule has 0 saturated carbocycles. The molecule has 0 bridgehead atoms. The lowest BCUT2D eigenvalue weighted by molar-refractivity contribution is 0.0916. The predicted octanol–water partition coefficient (Wildman–Crippen LogP) is 3.73. The molecule has 0 spiro atoms. The number of aromatic nitrogens is 1. The van der Waals surface area contributed by atoms with E-state index in [9.17, 15) is 20.0 Å². The molecule has 0 unspecified atom stereocenters. The molecule has 9 heteroatoms. The normalized spacial score (nSPS) is 11.8. The number of benzene rings is 2. The van der Waals surface area contributed by atoms with Crippen LogP contribution in [0.4, 0.5) is 0 Å². The van der Waals surface area contributed by atoms with E-state index in [2.05, 4.69) is 0 Å². The highest BCUT2D eigenvalue weighted by atomic mass is 35.5. The fraction of sp³-hybridized carbons (Fsp3) is 0.208. The van der Waals surface area contributed by atoms with Crippen molar-refractivity contribution >= 4 is 17.4 Å². The molecule has 0 radical (unpaired) electrons. The third-order valence-corrected chi connectivity index (χ3v) is 5.78. The summed E-state index contributed by atoms with van der Waals surface area (Å²) in [6.07, 6.45) is 0. The Hall–Kier alpha value is -3.96. The van der Waals surface area contributed by atoms with Gasteiger partial charge in [-0.15, -0.1) is 0 Å². The van der Waals surface area contributed by atoms with Gasteiger partial charge in [0.25, 0.3) is 5.56 Å². The number of carbonyl (C=O) groups is 1. The van der Waals surface area contributed by atoms with Gasteiger partial charge in [-0.3, -0.25) is 14.2 Å². The van der Waals surface area contributed by atoms with E-state index < -0.39 is 23.8 Å². The molecular weight excluding hydrogens is 448 g/mol. The number of aryl methyl sites for hydroxylation is 1. The summed E-state index contributed by atoms with van der Waals surface area (Å²) in [6, 6.07) is 11.9. The Balaban J connectivity index is 1.67. The third kappa shape index (κ3) is 4.23. The number of ketones is 1. The molecule has 3 aromatic rings. The van der Waals surface area contributed by atoms with Crippen LogP contribution in [0, 0.1) is 25.2 Å². The maximum Gasteiger partial charge on any atom is 0.271 e. The van der Waals surface area contributed by atoms with Gasteiger partial charge in [-0.2, -0.15) is 5.26 Å². The Morgan fingerprint density at radius 3 is 2.70 bits per heavy atom. The molecule has 0 amide bonds. The van der Waals surface area contributed by atoms with Gasteiger partial charge in [0, 0.05) is 5.02 Å². The lowest BCUT2D eigenvalue weighted by Gasteiger charge is -2.16. The van der Waals surface area contributed by atoms with E-state index in [1.165, 1.54) is 6.92 Å². The Morgan fingerprint density at radius 1 is 1.21 bits per heavy atom. The highest BCUT2D eigenvalue weighted by molar-refractivity contribution is 6.31. The minimum atomic E-state index is -0.698. The van der Waals surface area contributed by atoms with Crippen molar-refractivity contribution < 1.29 is 24.1 Å². The minimum absolute atomic E-state index is 0.0756. The zero-order chi connectivity index (χ0) is 23.7. The SMILES string of the molecule is Cc1cc(OCC(=O)c2c(C)c(C#N)c(=O)n(Cc3ccc4c(c3)OCO4)c2O)ccc1Cl. The maximum atomic E-state index is 13.0. The Labute approximate surface area is 194 Å². The third-order valence-electron chi connectivity index (χ3n) is 5.36. The number of nitrogens with zero attached hydrogens (tertiary/aromatic N) is 2. The van der Waals surface area contributed by atoms with Gasteiger partial charge in [0.2, 0.25) is 18.5 Å². The number of carbonyl (C=O) groups excluding carboxylic acids is 1. The summed E-state index contributed by atoms with van der Waals surface area (Å²) in [5.74, 6) is 0.401. The zero-order valence-electron chi connectivity index (χ0n) is 17.8. The molecule has 0 aliphatic carbocycles. The first kappa shape index (κ1) is 22.2. The summed E-state index contributed by atoms with van der Waals surface area (Å²) in [5, 5.41) is 21.0. The maximum absolute atomic E-state index is 13.0. The molecule has 1 aliphatic rings. The Bertz CT molecular complexity index is 1370. The Morgan fingerprint density at radius 2 is 1.97 bits per heavy atom. The highest BCUT2D eigenvalue weighted by Crippen LogP contribution is 2.33. The summed E-state index contributed by atoms with van der Waals surface area (Å²) in [6.45, 7) is 2.87. The molecule has 1 N–H and O–H groups in total. The standard InChI is InChI=1S/C24H19ClN2O6/c1-13-7-16(4-5-18(13)25)31-11-19(28)22-14(2)17(9-26)23(29)27(24(22)30)10-15-3-6-20-21(8-15)33-12-32-20/h3-8,30H,10-12H2,1-2H3. The number of rotatable bonds is 6. The number of hydrogen-bond acceptors (Lipinski definition) is 7. The van der Waals surface area contributed by atoms with Crippen LogP contribution >= 0.6 is 11.6 Å². The first-order chi connectivity index (χ1) is 15.8. The second kappa shape index (κ2) is 8.88. The zero-order valence-corrected chi connectivity index (χ0v) is 18.6. The topological polar surface area (TPSA) is 111 Å². The van der Waals surface area contributed by atoms with Gasteiger partial charge in [0.1, 0.15) is 17.4 Å². The fourth-order valence-corrected chi connectivity index (χ4v) is 3.70. The fourth-order valence-electron chi connectivity index (χ4n) is 3.58. The van der Waals surface area contributed by atoms with Crippen LogP contribution in [0.2, 0.25) is 5.02 Å². The molecule has 4 rings (SSSR count). The molecule has 8 nitrogen and oxygen atoms in total. The summed E-state index contributed by atoms with van der Waals surface area (Å²) in [4.78, 5) is 25.8. The highest BCUT2D eigenvalue weighted by Gasteiger charge is 2.25. The monoisotopic (exact) mass is 466 g/mol. The Kier molecular flexibility index (Phi) is 5.99. The summed E-state index contributed by atoms with van der Waals surface area (Å²) in [7, 11) is 0. The van der Waals surface area contributed by atoms with Crippen molar-refractivity contribution in [2.24, 2.45) is 0 Å². The summed E-state index contributed by atoms with van der Waals surface area (Å²) in [5.41, 5.74) is 0.441. The van der Waals surface area contributed by atoms with Gasteiger partial charge in [0.05, 0.1) is 12.1 Å². The molecule has 0 saturated heterocycles. The lowest BCUT2D eigenvalue weighted by atomic mass is 10.0. The van der Waals surface area contributed by atoms with Crippen LogP contribution in [0.25, 0.3) is 0 Å². The van der Waals surface area contributed by atoms with Crippen molar-refractivity contribution in [3.63, 3.8) is 0 Å². The van der Waals surface area contributed by atoms with Crippen LogP contribution in [-0.4, -0.2) is 28.9 Å². The molecule has 2 heterocycles. The molecule has 168 valence electrons. The molecule has 0 fully saturated rings. The van der Waals surface area contributed by atoms with Gasteiger partial charge in [-0.05, 0) is 60.9 Å². The number of pyridine rings is 1. The predicted molar refractivity (Wildman–Crippen MR) is 120 cm³/mol. The van der Waals surface area contributed by atoms with E-state index in [1.807, 2.05) is 6.07 Å². The van der Waals surface area contributed by atoms with Crippen molar-refractivity contribution in [2.75, 3.05) is 13.4 Å². The molecule has 33 heavy (non-hydrogen) atoms. The van der Waals surface area contributed by atoms with Crippen LogP contribution in [0.15, 0.2) is 41.2 Å². The summed E-state index contributed by atoms with van der Waals surface area (Å²) >= 11 is 6.01. The van der Waals surface area contributed by atoms with Crippen LogP contribution in [-0.2, 0) is 6.54 Å². The van der Waals surface area contributed by atoms with E-state index in [1.54, 1.807) is 43.3 Å². The smallest absolute Gasteiger partial charge is 0.271 e. The summed E-state index contributed by atoms with van der Waals surface area (Å²) < 4.78 is 17.2. The number of fused-ring (bicyclic) bond motifs is 1. The minimum Gasteiger partial charge on any atom is -0.494 e. The molecule has 0 atom stereocenters. The van der Waals surface area contributed by atoms with E-state index in [0.29, 0.717) is 27.8 Å². The first-order valence-electron chi connectivity index (χ1n) is 9.97. The average Bonchev–Trinajstić information content (AvgIpc) is 3.26. The number of nitriles is 1. The van der Waals surface area contributed by atoms with E-state index in [4.69, 9.17) is 25.8 Å². The number of Topliss-reactive ketones (excluding diaryl/α,β-unsaturated/α-hetero) is 1. The average molecular weight is 467 g/mol. The molecule has 1 aliphatic heterocycles. The number of ether oxygens (including phenoxy) is 3. The van der Waals surface area contributed by atoms with E-state index in [0.717, 1.165) is 10.1 Å².